The summed E-state index contributed by atoms with van der Waals surface area (Å²) < 4.78 is 0. The lowest BCUT2D eigenvalue weighted by Crippen LogP contribution is -2.46. The minimum absolute atomic E-state index is 0.0351. The number of nitrogens with zero attached hydrogens (tertiary/aromatic N) is 3. The summed E-state index contributed by atoms with van der Waals surface area (Å²) in [7, 11) is 0. The van der Waals surface area contributed by atoms with Gasteiger partial charge in [0.15, 0.2) is 0 Å². The van der Waals surface area contributed by atoms with Crippen molar-refractivity contribution >= 4 is 11.8 Å². The Hall–Kier alpha value is -1.36. The van der Waals surface area contributed by atoms with Crippen molar-refractivity contribution in [2.45, 2.75) is 32.1 Å². The average Bonchev–Trinajstić information content (AvgIpc) is 3.23. The molecule has 1 aliphatic carbocycles. The van der Waals surface area contributed by atoms with E-state index >= 15 is 0 Å². The van der Waals surface area contributed by atoms with E-state index < -0.39 is 0 Å². The van der Waals surface area contributed by atoms with Gasteiger partial charge in [0.2, 0.25) is 5.95 Å². The van der Waals surface area contributed by atoms with Gasteiger partial charge in [0.25, 0.3) is 0 Å². The lowest BCUT2D eigenvalue weighted by molar-refractivity contribution is 0.0899. The number of hydrogen-bond acceptors (Lipinski definition) is 5. The highest BCUT2D eigenvalue weighted by atomic mass is 16.3. The number of rotatable bonds is 4. The summed E-state index contributed by atoms with van der Waals surface area (Å²) in [6.45, 7) is 2.07. The first-order valence-corrected chi connectivity index (χ1v) is 7.15. The molecule has 104 valence electrons. The van der Waals surface area contributed by atoms with Gasteiger partial charge in [-0.1, -0.05) is 12.8 Å². The highest BCUT2D eigenvalue weighted by molar-refractivity contribution is 5.38. The van der Waals surface area contributed by atoms with E-state index in [1.807, 2.05) is 0 Å². The predicted octanol–water partition coefficient (Wildman–Crippen LogP) is 1.44. The second-order valence-electron chi connectivity index (χ2n) is 6.11. The van der Waals surface area contributed by atoms with Crippen LogP contribution >= 0.6 is 0 Å². The first-order valence-electron chi connectivity index (χ1n) is 7.15. The van der Waals surface area contributed by atoms with E-state index in [1.165, 1.54) is 12.8 Å². The molecule has 1 saturated carbocycles. The average molecular weight is 262 g/mol. The molecule has 2 aliphatic rings. The van der Waals surface area contributed by atoms with Crippen LogP contribution in [0.15, 0.2) is 12.3 Å². The van der Waals surface area contributed by atoms with Crippen molar-refractivity contribution in [2.24, 2.45) is 11.3 Å². The molecule has 0 unspecified atom stereocenters. The molecule has 5 nitrogen and oxygen atoms in total. The summed E-state index contributed by atoms with van der Waals surface area (Å²) in [4.78, 5) is 10.8. The monoisotopic (exact) mass is 262 g/mol. The Morgan fingerprint density at radius 2 is 2.32 bits per heavy atom. The van der Waals surface area contributed by atoms with Gasteiger partial charge in [-0.05, 0) is 31.2 Å². The van der Waals surface area contributed by atoms with Gasteiger partial charge in [0.05, 0.1) is 6.61 Å². The molecule has 1 aliphatic heterocycles. The molecule has 0 spiro atoms. The lowest BCUT2D eigenvalue weighted by atomic mass is 9.76. The second-order valence-corrected chi connectivity index (χ2v) is 6.11. The van der Waals surface area contributed by atoms with E-state index in [4.69, 9.17) is 5.73 Å². The molecule has 0 amide bonds. The van der Waals surface area contributed by atoms with Crippen LogP contribution in [-0.4, -0.2) is 34.8 Å². The molecule has 3 rings (SSSR count). The van der Waals surface area contributed by atoms with Gasteiger partial charge in [0, 0.05) is 24.7 Å². The van der Waals surface area contributed by atoms with Crippen LogP contribution in [0.5, 0.6) is 0 Å². The number of hydrogen-bond donors (Lipinski definition) is 2. The summed E-state index contributed by atoms with van der Waals surface area (Å²) in [6.07, 6.45) is 7.70. The van der Waals surface area contributed by atoms with Crippen molar-refractivity contribution in [1.82, 2.24) is 9.97 Å². The number of aliphatic hydroxyl groups is 1. The van der Waals surface area contributed by atoms with Crippen molar-refractivity contribution < 1.29 is 5.11 Å². The standard InChI is InChI=1S/C14H22N4O/c15-12-4-6-16-13(17-12)18-7-1-5-14(9-18,10-19)8-11-2-3-11/h4,6,11,19H,1-3,5,7-10H2,(H2,15,16,17)/t14-/m0/s1. The Morgan fingerprint density at radius 1 is 1.47 bits per heavy atom. The fourth-order valence-corrected chi connectivity index (χ4v) is 3.19. The van der Waals surface area contributed by atoms with Crippen LogP contribution in [0.1, 0.15) is 32.1 Å². The van der Waals surface area contributed by atoms with Crippen LogP contribution in [0.4, 0.5) is 11.8 Å². The molecular formula is C14H22N4O. The number of piperidine rings is 1. The molecule has 3 N–H and O–H groups in total. The number of aromatic nitrogens is 2. The van der Waals surface area contributed by atoms with Gasteiger partial charge < -0.3 is 15.7 Å². The summed E-state index contributed by atoms with van der Waals surface area (Å²) in [5, 5.41) is 9.85. The third-order valence-electron chi connectivity index (χ3n) is 4.36. The molecule has 0 radical (unpaired) electrons. The molecule has 2 heterocycles. The maximum Gasteiger partial charge on any atom is 0.227 e. The molecule has 1 saturated heterocycles. The Labute approximate surface area is 113 Å². The second kappa shape index (κ2) is 4.96. The van der Waals surface area contributed by atoms with Crippen LogP contribution in [-0.2, 0) is 0 Å². The summed E-state index contributed by atoms with van der Waals surface area (Å²) >= 11 is 0. The topological polar surface area (TPSA) is 75.3 Å². The van der Waals surface area contributed by atoms with Gasteiger partial charge in [0.1, 0.15) is 5.82 Å². The van der Waals surface area contributed by atoms with Crippen molar-refractivity contribution in [2.75, 3.05) is 30.3 Å². The molecule has 0 bridgehead atoms. The zero-order valence-electron chi connectivity index (χ0n) is 11.3. The van der Waals surface area contributed by atoms with Crippen molar-refractivity contribution in [3.05, 3.63) is 12.3 Å². The van der Waals surface area contributed by atoms with Crippen molar-refractivity contribution in [1.29, 1.82) is 0 Å². The summed E-state index contributed by atoms with van der Waals surface area (Å²) in [5.41, 5.74) is 5.76. The molecule has 1 aromatic heterocycles. The quantitative estimate of drug-likeness (QED) is 0.858. The van der Waals surface area contributed by atoms with Crippen LogP contribution in [0.2, 0.25) is 0 Å². The number of nitrogen functional groups attached to an aromatic ring is 1. The molecule has 2 fully saturated rings. The van der Waals surface area contributed by atoms with Gasteiger partial charge >= 0.3 is 0 Å². The van der Waals surface area contributed by atoms with E-state index in [-0.39, 0.29) is 12.0 Å². The molecule has 1 atom stereocenters. The highest BCUT2D eigenvalue weighted by Crippen LogP contribution is 2.44. The van der Waals surface area contributed by atoms with E-state index in [1.54, 1.807) is 12.3 Å². The Bertz CT molecular complexity index is 449. The van der Waals surface area contributed by atoms with Gasteiger partial charge in [-0.2, -0.15) is 4.98 Å². The number of nitrogens with two attached hydrogens (primary N) is 1. The molecule has 0 aromatic carbocycles. The van der Waals surface area contributed by atoms with E-state index in [0.29, 0.717) is 11.8 Å². The smallest absolute Gasteiger partial charge is 0.227 e. The van der Waals surface area contributed by atoms with Gasteiger partial charge in [-0.15, -0.1) is 0 Å². The van der Waals surface area contributed by atoms with Crippen LogP contribution < -0.4 is 10.6 Å². The SMILES string of the molecule is Nc1ccnc(N2CCC[C@](CO)(CC3CC3)C2)n1. The maximum absolute atomic E-state index is 9.85. The first-order chi connectivity index (χ1) is 9.21. The molecule has 19 heavy (non-hydrogen) atoms. The third-order valence-corrected chi connectivity index (χ3v) is 4.36. The highest BCUT2D eigenvalue weighted by Gasteiger charge is 2.40. The Balaban J connectivity index is 1.75. The minimum atomic E-state index is 0.0351. The van der Waals surface area contributed by atoms with Crippen LogP contribution in [0.3, 0.4) is 0 Å². The lowest BCUT2D eigenvalue weighted by Gasteiger charge is -2.42. The van der Waals surface area contributed by atoms with Crippen LogP contribution in [0, 0.1) is 11.3 Å². The Morgan fingerprint density at radius 3 is 3.00 bits per heavy atom. The zero-order valence-corrected chi connectivity index (χ0v) is 11.3. The van der Waals surface area contributed by atoms with E-state index in [0.717, 1.165) is 38.3 Å². The molecule has 5 heteroatoms. The summed E-state index contributed by atoms with van der Waals surface area (Å²) in [6, 6.07) is 1.71. The van der Waals surface area contributed by atoms with Gasteiger partial charge in [-0.25, -0.2) is 4.98 Å². The van der Waals surface area contributed by atoms with E-state index in [2.05, 4.69) is 14.9 Å². The van der Waals surface area contributed by atoms with E-state index in [9.17, 15) is 5.11 Å². The number of anilines is 2. The largest absolute Gasteiger partial charge is 0.396 e. The number of aliphatic hydroxyl groups excluding tert-OH is 1. The normalized spacial score (nSPS) is 27.5. The minimum Gasteiger partial charge on any atom is -0.396 e. The first kappa shape index (κ1) is 12.7. The van der Waals surface area contributed by atoms with Crippen molar-refractivity contribution in [3.8, 4) is 0 Å². The zero-order chi connectivity index (χ0) is 13.3. The van der Waals surface area contributed by atoms with Gasteiger partial charge in [-0.3, -0.25) is 0 Å². The van der Waals surface area contributed by atoms with Crippen molar-refractivity contribution in [3.63, 3.8) is 0 Å². The molecule has 1 aromatic rings. The fraction of sp³-hybridized carbons (Fsp3) is 0.714. The summed E-state index contributed by atoms with van der Waals surface area (Å²) in [5.74, 6) is 2.04. The molecular weight excluding hydrogens is 240 g/mol. The van der Waals surface area contributed by atoms with Crippen LogP contribution in [0.25, 0.3) is 0 Å². The Kier molecular flexibility index (Phi) is 3.31. The predicted molar refractivity (Wildman–Crippen MR) is 74.8 cm³/mol. The fourth-order valence-electron chi connectivity index (χ4n) is 3.19. The maximum atomic E-state index is 9.85. The third kappa shape index (κ3) is 2.81.